The van der Waals surface area contributed by atoms with Crippen molar-refractivity contribution in [1.29, 1.82) is 0 Å². The number of esters is 1. The van der Waals surface area contributed by atoms with Crippen LogP contribution in [0.4, 0.5) is 0 Å². The monoisotopic (exact) mass is 958 g/mol. The van der Waals surface area contributed by atoms with Crippen molar-refractivity contribution in [2.45, 2.75) is 262 Å². The van der Waals surface area contributed by atoms with Crippen molar-refractivity contribution in [1.82, 2.24) is 5.32 Å². The van der Waals surface area contributed by atoms with Crippen LogP contribution in [-0.2, 0) is 23.8 Å². The van der Waals surface area contributed by atoms with Crippen LogP contribution < -0.4 is 5.32 Å². The lowest BCUT2D eigenvalue weighted by molar-refractivity contribution is -0.305. The highest BCUT2D eigenvalue weighted by molar-refractivity contribution is 5.80. The molecule has 1 aliphatic heterocycles. The molecule has 8 unspecified atom stereocenters. The van der Waals surface area contributed by atoms with Gasteiger partial charge in [-0.05, 0) is 83.5 Å². The van der Waals surface area contributed by atoms with Crippen LogP contribution in [0.1, 0.15) is 213 Å². The minimum Gasteiger partial charge on any atom is -0.454 e. The van der Waals surface area contributed by atoms with Crippen molar-refractivity contribution >= 4 is 11.9 Å². The Labute approximate surface area is 413 Å². The third kappa shape index (κ3) is 33.6. The molecule has 392 valence electrons. The van der Waals surface area contributed by atoms with Gasteiger partial charge in [-0.25, -0.2) is 0 Å². The third-order valence-electron chi connectivity index (χ3n) is 12.4. The number of ether oxygens (including phenoxy) is 3. The van der Waals surface area contributed by atoms with Crippen LogP contribution in [0.25, 0.3) is 0 Å². The van der Waals surface area contributed by atoms with E-state index in [1.165, 1.54) is 57.8 Å². The fourth-order valence-corrected chi connectivity index (χ4v) is 8.05. The van der Waals surface area contributed by atoms with E-state index in [2.05, 4.69) is 86.8 Å². The average Bonchev–Trinajstić information content (AvgIpc) is 3.33. The lowest BCUT2D eigenvalue weighted by atomic mass is 9.99. The van der Waals surface area contributed by atoms with E-state index in [1.54, 1.807) is 6.08 Å². The summed E-state index contributed by atoms with van der Waals surface area (Å²) in [7, 11) is 0. The molecule has 1 heterocycles. The maximum Gasteiger partial charge on any atom is 0.306 e. The molecule has 0 saturated carbocycles. The maximum absolute atomic E-state index is 13.3. The van der Waals surface area contributed by atoms with Gasteiger partial charge in [-0.3, -0.25) is 9.59 Å². The van der Waals surface area contributed by atoms with Gasteiger partial charge < -0.3 is 45.1 Å². The first-order valence-electron chi connectivity index (χ1n) is 27.2. The maximum atomic E-state index is 13.3. The number of hydrogen-bond acceptors (Lipinski definition) is 10. The van der Waals surface area contributed by atoms with Gasteiger partial charge in [0.15, 0.2) is 12.4 Å². The summed E-state index contributed by atoms with van der Waals surface area (Å²) in [5, 5.41) is 56.6. The van der Waals surface area contributed by atoms with E-state index in [1.807, 2.05) is 6.08 Å². The van der Waals surface area contributed by atoms with E-state index in [9.17, 15) is 35.1 Å². The Morgan fingerprint density at radius 1 is 0.588 bits per heavy atom. The Morgan fingerprint density at radius 2 is 1.06 bits per heavy atom. The molecule has 8 atom stereocenters. The lowest BCUT2D eigenvalue weighted by Gasteiger charge is -2.41. The van der Waals surface area contributed by atoms with Crippen LogP contribution in [0.3, 0.4) is 0 Å². The number of nitrogens with one attached hydrogen (secondary N) is 1. The van der Waals surface area contributed by atoms with Gasteiger partial charge in [0, 0.05) is 6.42 Å². The molecule has 1 aliphatic rings. The smallest absolute Gasteiger partial charge is 0.306 e. The van der Waals surface area contributed by atoms with Crippen molar-refractivity contribution in [3.05, 3.63) is 72.9 Å². The van der Waals surface area contributed by atoms with Gasteiger partial charge in [-0.1, -0.05) is 196 Å². The van der Waals surface area contributed by atoms with Gasteiger partial charge in [0.25, 0.3) is 0 Å². The van der Waals surface area contributed by atoms with Gasteiger partial charge >= 0.3 is 5.97 Å². The van der Waals surface area contributed by atoms with Crippen molar-refractivity contribution in [3.63, 3.8) is 0 Å². The van der Waals surface area contributed by atoms with Gasteiger partial charge in [-0.15, -0.1) is 0 Å². The number of hydrogen-bond donors (Lipinski definition) is 6. The van der Waals surface area contributed by atoms with E-state index in [4.69, 9.17) is 14.2 Å². The summed E-state index contributed by atoms with van der Waals surface area (Å²) < 4.78 is 17.5. The van der Waals surface area contributed by atoms with Crippen molar-refractivity contribution < 1.29 is 49.3 Å². The van der Waals surface area contributed by atoms with Crippen LogP contribution >= 0.6 is 0 Å². The molecule has 1 amide bonds. The molecule has 68 heavy (non-hydrogen) atoms. The summed E-state index contributed by atoms with van der Waals surface area (Å²) in [6, 6.07) is -1.04. The molecule has 6 N–H and O–H groups in total. The van der Waals surface area contributed by atoms with Gasteiger partial charge in [0.2, 0.25) is 5.91 Å². The quantitative estimate of drug-likeness (QED) is 0.0196. The van der Waals surface area contributed by atoms with E-state index in [0.717, 1.165) is 109 Å². The fourth-order valence-electron chi connectivity index (χ4n) is 8.05. The molecule has 0 aromatic rings. The topological polar surface area (TPSA) is 175 Å². The highest BCUT2D eigenvalue weighted by Gasteiger charge is 2.47. The first-order chi connectivity index (χ1) is 33.2. The Morgan fingerprint density at radius 3 is 1.59 bits per heavy atom. The van der Waals surface area contributed by atoms with Gasteiger partial charge in [0.1, 0.15) is 24.4 Å². The predicted octanol–water partition coefficient (Wildman–Crippen LogP) is 11.7. The number of aliphatic hydroxyl groups is 5. The second kappa shape index (κ2) is 45.3. The van der Waals surface area contributed by atoms with Crippen molar-refractivity contribution in [3.8, 4) is 0 Å². The molecule has 0 aromatic carbocycles. The van der Waals surface area contributed by atoms with Crippen LogP contribution in [0.15, 0.2) is 72.9 Å². The van der Waals surface area contributed by atoms with Crippen LogP contribution in [0.5, 0.6) is 0 Å². The SMILES string of the molecule is CC/C=C/C/C=C/C/C=C/CCCCCC(O)C(=O)NC(COC1OC(CO)C(O)C(O)C1OC(=O)CCCCCCCCC/C=C/C/C=C/CC)C(O)/C=C/CCCCCCCCCCCC. The molecular formula is C57H99NO10. The summed E-state index contributed by atoms with van der Waals surface area (Å²) in [6.45, 7) is 5.51. The zero-order valence-electron chi connectivity index (χ0n) is 43.0. The molecule has 0 aliphatic carbocycles. The van der Waals surface area contributed by atoms with Crippen LogP contribution in [-0.4, -0.2) is 99.6 Å². The summed E-state index contributed by atoms with van der Waals surface area (Å²) in [5.41, 5.74) is 0. The number of allylic oxidation sites excluding steroid dienone is 11. The number of carbonyl (C=O) groups is 2. The number of aliphatic hydroxyl groups excluding tert-OH is 5. The minimum atomic E-state index is -1.62. The highest BCUT2D eigenvalue weighted by Crippen LogP contribution is 2.26. The van der Waals surface area contributed by atoms with Gasteiger partial charge in [0.05, 0.1) is 25.4 Å². The van der Waals surface area contributed by atoms with Crippen LogP contribution in [0.2, 0.25) is 0 Å². The summed E-state index contributed by atoms with van der Waals surface area (Å²) in [4.78, 5) is 26.4. The van der Waals surface area contributed by atoms with Crippen molar-refractivity contribution in [2.75, 3.05) is 13.2 Å². The Balaban J connectivity index is 2.79. The first-order valence-corrected chi connectivity index (χ1v) is 27.2. The highest BCUT2D eigenvalue weighted by atomic mass is 16.7. The Kier molecular flexibility index (Phi) is 42.0. The summed E-state index contributed by atoms with van der Waals surface area (Å²) >= 11 is 0. The van der Waals surface area contributed by atoms with Crippen LogP contribution in [0, 0.1) is 0 Å². The van der Waals surface area contributed by atoms with E-state index in [-0.39, 0.29) is 19.4 Å². The predicted molar refractivity (Wildman–Crippen MR) is 278 cm³/mol. The molecule has 0 aromatic heterocycles. The molecule has 11 heteroatoms. The second-order valence-electron chi connectivity index (χ2n) is 18.5. The second-order valence-corrected chi connectivity index (χ2v) is 18.5. The Bertz CT molecular complexity index is 1380. The third-order valence-corrected chi connectivity index (χ3v) is 12.4. The normalized spacial score (nSPS) is 20.5. The van der Waals surface area contributed by atoms with Gasteiger partial charge in [-0.2, -0.15) is 0 Å². The number of carbonyl (C=O) groups excluding carboxylic acids is 2. The molecule has 1 fully saturated rings. The fraction of sp³-hybridized carbons (Fsp3) is 0.754. The minimum absolute atomic E-state index is 0.109. The molecule has 0 spiro atoms. The molecule has 0 bridgehead atoms. The first kappa shape index (κ1) is 63.1. The molecule has 1 rings (SSSR count). The zero-order valence-corrected chi connectivity index (χ0v) is 43.0. The van der Waals surface area contributed by atoms with E-state index >= 15 is 0 Å². The largest absolute Gasteiger partial charge is 0.454 e. The number of unbranched alkanes of at least 4 members (excludes halogenated alkanes) is 20. The zero-order chi connectivity index (χ0) is 49.7. The standard InChI is InChI=1S/C57H99NO10/c1-4-7-10-13-16-19-22-25-27-30-33-36-39-42-45-52(62)68-55-54(64)53(63)51(46-59)67-57(55)66-47-48(49(60)43-40-37-34-31-28-24-21-18-15-12-9-6-3)58-56(65)50(61)44-41-38-35-32-29-26-23-20-17-14-11-8-5-2/h7-8,10-11,16-17,19-20,26,29,40,43,48-51,53-55,57,59-61,63-64H,4-6,9,12-15,18,21-25,27-28,30-39,41-42,44-47H2,1-3H3,(H,58,65)/b10-7+,11-8+,19-16+,20-17+,29-26+,43-40+. The summed E-state index contributed by atoms with van der Waals surface area (Å²) in [5.74, 6) is -1.23. The van der Waals surface area contributed by atoms with Crippen molar-refractivity contribution in [2.24, 2.45) is 0 Å². The number of amides is 1. The average molecular weight is 958 g/mol. The molecular weight excluding hydrogens is 859 g/mol. The molecule has 0 radical (unpaired) electrons. The van der Waals surface area contributed by atoms with E-state index < -0.39 is 67.4 Å². The Hall–Kier alpha value is -2.90. The number of rotatable bonds is 44. The summed E-state index contributed by atoms with van der Waals surface area (Å²) in [6.07, 6.45) is 45.2. The van der Waals surface area contributed by atoms with E-state index in [0.29, 0.717) is 12.8 Å². The molecule has 11 nitrogen and oxygen atoms in total. The lowest BCUT2D eigenvalue weighted by Crippen LogP contribution is -2.61. The molecule has 1 saturated heterocycles.